The first-order valence-electron chi connectivity index (χ1n) is 8.61. The molecule has 1 aromatic carbocycles. The van der Waals surface area contributed by atoms with Gasteiger partial charge in [-0.2, -0.15) is 0 Å². The maximum absolute atomic E-state index is 9.38. The van der Waals surface area contributed by atoms with Crippen molar-refractivity contribution in [3.63, 3.8) is 0 Å². The van der Waals surface area contributed by atoms with Gasteiger partial charge in [-0.3, -0.25) is 4.98 Å². The first-order valence-corrected chi connectivity index (χ1v) is 9.43. The average Bonchev–Trinajstić information content (AvgIpc) is 2.71. The van der Waals surface area contributed by atoms with Crippen LogP contribution < -0.4 is 4.74 Å². The van der Waals surface area contributed by atoms with E-state index in [-0.39, 0.29) is 5.75 Å². The highest BCUT2D eigenvalue weighted by molar-refractivity contribution is 7.78. The second kappa shape index (κ2) is 8.43. The number of phenolic OH excluding ortho intramolecular Hbond substituents is 1. The third-order valence-corrected chi connectivity index (χ3v) is 5.42. The summed E-state index contributed by atoms with van der Waals surface area (Å²) in [4.78, 5) is 4.28. The van der Waals surface area contributed by atoms with E-state index < -0.39 is 5.41 Å². The lowest BCUT2D eigenvalue weighted by atomic mass is 9.63. The third-order valence-electron chi connectivity index (χ3n) is 4.97. The molecule has 1 N–H and O–H groups in total. The standard InChI is InChI=1S/C22H19NO2S2/c1-22(18-3-2-11-23-13-18)17(5-4-16(14-26)21(22)15-27)10-12-25-20-8-6-19(24)7-9-20/h2-3,6-11,13,24H,4-5,12H2,1H3. The van der Waals surface area contributed by atoms with Crippen molar-refractivity contribution in [2.75, 3.05) is 6.61 Å². The van der Waals surface area contributed by atoms with Crippen molar-refractivity contribution in [1.82, 2.24) is 4.98 Å². The van der Waals surface area contributed by atoms with Crippen molar-refractivity contribution in [2.24, 2.45) is 0 Å². The fourth-order valence-electron chi connectivity index (χ4n) is 3.44. The Morgan fingerprint density at radius 2 is 1.96 bits per heavy atom. The van der Waals surface area contributed by atoms with Crippen molar-refractivity contribution in [3.8, 4) is 11.5 Å². The quantitative estimate of drug-likeness (QED) is 0.591. The summed E-state index contributed by atoms with van der Waals surface area (Å²) in [5.74, 6) is 0.918. The lowest BCUT2D eigenvalue weighted by Crippen LogP contribution is -2.33. The summed E-state index contributed by atoms with van der Waals surface area (Å²) in [5, 5.41) is 15.2. The Morgan fingerprint density at radius 3 is 2.59 bits per heavy atom. The van der Waals surface area contributed by atoms with Gasteiger partial charge in [0, 0.05) is 29.0 Å². The molecule has 136 valence electrons. The molecule has 0 amide bonds. The highest BCUT2D eigenvalue weighted by Gasteiger charge is 2.40. The Kier molecular flexibility index (Phi) is 6.00. The van der Waals surface area contributed by atoms with Crippen LogP contribution in [0.4, 0.5) is 0 Å². The van der Waals surface area contributed by atoms with Gasteiger partial charge >= 0.3 is 0 Å². The number of aromatic nitrogens is 1. The molecule has 0 saturated heterocycles. The molecule has 1 unspecified atom stereocenters. The van der Waals surface area contributed by atoms with Crippen LogP contribution in [0.2, 0.25) is 0 Å². The molecule has 1 fully saturated rings. The minimum absolute atomic E-state index is 0.215. The first kappa shape index (κ1) is 19.2. The summed E-state index contributed by atoms with van der Waals surface area (Å²) in [6.07, 6.45) is 7.32. The lowest BCUT2D eigenvalue weighted by molar-refractivity contribution is 0.358. The van der Waals surface area contributed by atoms with E-state index in [9.17, 15) is 5.11 Å². The van der Waals surface area contributed by atoms with Crippen LogP contribution in [-0.4, -0.2) is 26.7 Å². The van der Waals surface area contributed by atoms with E-state index in [1.165, 1.54) is 5.57 Å². The Hall–Kier alpha value is -2.55. The minimum Gasteiger partial charge on any atom is -0.508 e. The van der Waals surface area contributed by atoms with Gasteiger partial charge in [-0.05, 0) is 96.2 Å². The maximum Gasteiger partial charge on any atom is 0.120 e. The fraction of sp³-hybridized carbons (Fsp3) is 0.227. The van der Waals surface area contributed by atoms with Crippen LogP contribution in [0.25, 0.3) is 0 Å². The number of hydrogen-bond donors (Lipinski definition) is 1. The molecule has 27 heavy (non-hydrogen) atoms. The van der Waals surface area contributed by atoms with E-state index in [4.69, 9.17) is 29.2 Å². The molecule has 2 aromatic rings. The molecule has 1 aromatic heterocycles. The van der Waals surface area contributed by atoms with Crippen LogP contribution in [-0.2, 0) is 5.41 Å². The van der Waals surface area contributed by atoms with Crippen LogP contribution in [0.1, 0.15) is 25.3 Å². The molecule has 1 aliphatic rings. The summed E-state index contributed by atoms with van der Waals surface area (Å²) in [7, 11) is 0. The molecule has 1 saturated carbocycles. The van der Waals surface area contributed by atoms with Crippen molar-refractivity contribution in [3.05, 3.63) is 77.2 Å². The molecule has 0 radical (unpaired) electrons. The van der Waals surface area contributed by atoms with E-state index in [0.717, 1.165) is 29.6 Å². The van der Waals surface area contributed by atoms with Gasteiger partial charge in [-0.25, -0.2) is 0 Å². The van der Waals surface area contributed by atoms with Gasteiger partial charge in [0.05, 0.1) is 0 Å². The van der Waals surface area contributed by atoms with Gasteiger partial charge in [0.25, 0.3) is 0 Å². The van der Waals surface area contributed by atoms with Crippen molar-refractivity contribution in [1.29, 1.82) is 0 Å². The number of rotatable bonds is 4. The SMILES string of the molecule is CC1(c2cccnc2)C(=C=S)C(=C=S)CCC1=CCOc1ccc(O)cc1. The number of allylic oxidation sites excluding steroid dienone is 3. The third kappa shape index (κ3) is 3.92. The lowest BCUT2D eigenvalue weighted by Gasteiger charge is -2.38. The Morgan fingerprint density at radius 1 is 1.19 bits per heavy atom. The zero-order valence-corrected chi connectivity index (χ0v) is 16.6. The second-order valence-electron chi connectivity index (χ2n) is 6.46. The number of benzene rings is 1. The number of pyridine rings is 1. The predicted molar refractivity (Wildman–Crippen MR) is 115 cm³/mol. The monoisotopic (exact) mass is 393 g/mol. The summed E-state index contributed by atoms with van der Waals surface area (Å²) >= 11 is 10.3. The molecular weight excluding hydrogens is 374 g/mol. The Balaban J connectivity index is 1.95. The van der Waals surface area contributed by atoms with Crippen LogP contribution in [0.5, 0.6) is 11.5 Å². The Bertz CT molecular complexity index is 954. The first-order chi connectivity index (χ1) is 13.1. The zero-order valence-electron chi connectivity index (χ0n) is 14.9. The molecule has 5 heteroatoms. The number of nitrogens with zero attached hydrogens (tertiary/aromatic N) is 1. The summed E-state index contributed by atoms with van der Waals surface area (Å²) in [6, 6.07) is 10.6. The van der Waals surface area contributed by atoms with Gasteiger partial charge in [0.2, 0.25) is 0 Å². The summed E-state index contributed by atoms with van der Waals surface area (Å²) in [6.45, 7) is 2.54. The van der Waals surface area contributed by atoms with Crippen molar-refractivity contribution >= 4 is 34.5 Å². The maximum atomic E-state index is 9.38. The zero-order chi connectivity index (χ0) is 19.3. The van der Waals surface area contributed by atoms with Gasteiger partial charge in [-0.1, -0.05) is 11.6 Å². The summed E-state index contributed by atoms with van der Waals surface area (Å²) < 4.78 is 5.81. The summed E-state index contributed by atoms with van der Waals surface area (Å²) in [5.41, 5.74) is 3.57. The van der Waals surface area contributed by atoms with Crippen LogP contribution in [0.15, 0.2) is 71.6 Å². The molecule has 3 rings (SSSR count). The van der Waals surface area contributed by atoms with Gasteiger partial charge in [0.1, 0.15) is 18.1 Å². The second-order valence-corrected chi connectivity index (χ2v) is 6.87. The van der Waals surface area contributed by atoms with E-state index in [0.29, 0.717) is 12.4 Å². The molecule has 1 aliphatic carbocycles. The van der Waals surface area contributed by atoms with Crippen LogP contribution in [0.3, 0.4) is 0 Å². The largest absolute Gasteiger partial charge is 0.508 e. The smallest absolute Gasteiger partial charge is 0.120 e. The number of aromatic hydroxyl groups is 1. The minimum atomic E-state index is -0.465. The van der Waals surface area contributed by atoms with Gasteiger partial charge in [-0.15, -0.1) is 0 Å². The van der Waals surface area contributed by atoms with Crippen molar-refractivity contribution in [2.45, 2.75) is 25.2 Å². The Labute approximate surface area is 169 Å². The van der Waals surface area contributed by atoms with Crippen LogP contribution >= 0.6 is 24.4 Å². The molecule has 1 heterocycles. The number of thiocarbonyl (C=S) groups is 2. The number of phenols is 1. The number of ether oxygens (including phenoxy) is 1. The molecule has 1 atom stereocenters. The van der Waals surface area contributed by atoms with E-state index >= 15 is 0 Å². The van der Waals surface area contributed by atoms with E-state index in [1.54, 1.807) is 30.5 Å². The topological polar surface area (TPSA) is 42.4 Å². The predicted octanol–water partition coefficient (Wildman–Crippen LogP) is 4.89. The van der Waals surface area contributed by atoms with E-state index in [2.05, 4.69) is 28.0 Å². The van der Waals surface area contributed by atoms with Gasteiger partial charge in [0.15, 0.2) is 0 Å². The molecule has 3 nitrogen and oxygen atoms in total. The molecule has 0 aliphatic heterocycles. The highest BCUT2D eigenvalue weighted by atomic mass is 32.1. The van der Waals surface area contributed by atoms with Gasteiger partial charge < -0.3 is 9.84 Å². The average molecular weight is 394 g/mol. The van der Waals surface area contributed by atoms with Crippen molar-refractivity contribution < 1.29 is 9.84 Å². The highest BCUT2D eigenvalue weighted by Crippen LogP contribution is 2.47. The molecule has 0 spiro atoms. The molecule has 0 bridgehead atoms. The van der Waals surface area contributed by atoms with E-state index in [1.807, 2.05) is 18.3 Å². The molecular formula is C22H19NO2S2. The fourth-order valence-corrected chi connectivity index (χ4v) is 3.97. The normalized spacial score (nSPS) is 20.9. The number of hydrogen-bond acceptors (Lipinski definition) is 5. The van der Waals surface area contributed by atoms with Crippen LogP contribution in [0, 0.1) is 0 Å².